The lowest BCUT2D eigenvalue weighted by Gasteiger charge is -2.30. The van der Waals surface area contributed by atoms with Crippen molar-refractivity contribution < 1.29 is 4.92 Å². The van der Waals surface area contributed by atoms with Gasteiger partial charge in [0, 0.05) is 35.7 Å². The van der Waals surface area contributed by atoms with Crippen molar-refractivity contribution >= 4 is 28.6 Å². The van der Waals surface area contributed by atoms with Gasteiger partial charge in [0.05, 0.1) is 21.3 Å². The van der Waals surface area contributed by atoms with E-state index in [1.165, 1.54) is 6.07 Å². The first-order valence-electron chi connectivity index (χ1n) is 9.12. The fraction of sp³-hybridized carbons (Fsp3) is 0.300. The molecule has 0 N–H and O–H groups in total. The van der Waals surface area contributed by atoms with Gasteiger partial charge in [-0.2, -0.15) is 0 Å². The molecule has 3 heterocycles. The van der Waals surface area contributed by atoms with Crippen LogP contribution in [-0.2, 0) is 6.54 Å². The molecule has 0 unspecified atom stereocenters. The van der Waals surface area contributed by atoms with Gasteiger partial charge in [-0.3, -0.25) is 20.0 Å². The Morgan fingerprint density at radius 2 is 2.07 bits per heavy atom. The topological polar surface area (TPSA) is 72.2 Å². The number of benzene rings is 1. The summed E-state index contributed by atoms with van der Waals surface area (Å²) in [6.07, 6.45) is 3.95. The lowest BCUT2D eigenvalue weighted by atomic mass is 9.97. The second-order valence-corrected chi connectivity index (χ2v) is 8.16. The lowest BCUT2D eigenvalue weighted by Crippen LogP contribution is -2.32. The Morgan fingerprint density at radius 3 is 2.79 bits per heavy atom. The number of halogens is 1. The summed E-state index contributed by atoms with van der Waals surface area (Å²) in [5.41, 5.74) is 2.51. The first kappa shape index (κ1) is 19.0. The molecular weight excluding hydrogens is 396 g/mol. The molecule has 1 aromatic carbocycles. The number of aromatic nitrogens is 2. The zero-order valence-corrected chi connectivity index (χ0v) is 16.7. The highest BCUT2D eigenvalue weighted by molar-refractivity contribution is 7.10. The minimum absolute atomic E-state index is 0.0865. The van der Waals surface area contributed by atoms with Crippen LogP contribution in [0.4, 0.5) is 5.69 Å². The van der Waals surface area contributed by atoms with E-state index >= 15 is 0 Å². The summed E-state index contributed by atoms with van der Waals surface area (Å²) in [6.45, 7) is 2.91. The molecule has 0 saturated carbocycles. The molecular formula is C20H19ClN4O2S. The molecule has 1 saturated heterocycles. The smallest absolute Gasteiger partial charge is 0.288 e. The Morgan fingerprint density at radius 1 is 1.25 bits per heavy atom. The molecule has 1 aliphatic heterocycles. The van der Waals surface area contributed by atoms with Crippen LogP contribution in [0, 0.1) is 10.1 Å². The van der Waals surface area contributed by atoms with E-state index < -0.39 is 4.92 Å². The van der Waals surface area contributed by atoms with Crippen LogP contribution < -0.4 is 0 Å². The van der Waals surface area contributed by atoms with Gasteiger partial charge in [0.25, 0.3) is 5.69 Å². The number of pyridine rings is 1. The van der Waals surface area contributed by atoms with Crippen LogP contribution in [0.1, 0.15) is 29.5 Å². The van der Waals surface area contributed by atoms with Crippen LogP contribution in [0.25, 0.3) is 11.3 Å². The second kappa shape index (κ2) is 8.34. The summed E-state index contributed by atoms with van der Waals surface area (Å²) < 4.78 is 0. The molecule has 6 nitrogen and oxygen atoms in total. The molecule has 144 valence electrons. The van der Waals surface area contributed by atoms with Crippen molar-refractivity contribution in [2.24, 2.45) is 0 Å². The predicted octanol–water partition coefficient (Wildman–Crippen LogP) is 5.15. The zero-order chi connectivity index (χ0) is 19.5. The third-order valence-corrected chi connectivity index (χ3v) is 6.34. The average molecular weight is 415 g/mol. The number of nitro benzene ring substituents is 1. The molecule has 0 radical (unpaired) electrons. The van der Waals surface area contributed by atoms with Gasteiger partial charge in [0.2, 0.25) is 0 Å². The van der Waals surface area contributed by atoms with Gasteiger partial charge >= 0.3 is 0 Å². The Bertz CT molecular complexity index is 971. The van der Waals surface area contributed by atoms with E-state index in [2.05, 4.69) is 16.0 Å². The maximum absolute atomic E-state index is 11.1. The van der Waals surface area contributed by atoms with Crippen LogP contribution >= 0.6 is 22.9 Å². The standard InChI is InChI=1S/C20H19ClN4O2S/c21-17-5-4-15(11-19(17)25(26)27)18-13-28-20(23-18)14-6-9-24(10-7-14)12-16-3-1-2-8-22-16/h1-5,8,11,13-14H,6-7,9-10,12H2. The van der Waals surface area contributed by atoms with E-state index in [9.17, 15) is 10.1 Å². The summed E-state index contributed by atoms with van der Waals surface area (Å²) in [5, 5.41) is 14.3. The zero-order valence-electron chi connectivity index (χ0n) is 15.1. The number of hydrogen-bond donors (Lipinski definition) is 0. The summed E-state index contributed by atoms with van der Waals surface area (Å²) >= 11 is 7.54. The number of thiazole rings is 1. The second-order valence-electron chi connectivity index (χ2n) is 6.87. The Kier molecular flexibility index (Phi) is 5.66. The highest BCUT2D eigenvalue weighted by Crippen LogP contribution is 2.35. The Labute approximate surface area is 172 Å². The van der Waals surface area contributed by atoms with E-state index in [0.717, 1.165) is 54.4 Å². The van der Waals surface area contributed by atoms with Crippen LogP contribution in [-0.4, -0.2) is 32.9 Å². The first-order chi connectivity index (χ1) is 13.6. The molecule has 0 aliphatic carbocycles. The molecule has 28 heavy (non-hydrogen) atoms. The number of hydrogen-bond acceptors (Lipinski definition) is 6. The largest absolute Gasteiger partial charge is 0.297 e. The average Bonchev–Trinajstić information content (AvgIpc) is 3.20. The van der Waals surface area contributed by atoms with Crippen molar-refractivity contribution in [1.29, 1.82) is 0 Å². The molecule has 8 heteroatoms. The molecule has 4 rings (SSSR count). The lowest BCUT2D eigenvalue weighted by molar-refractivity contribution is -0.384. The minimum atomic E-state index is -0.462. The Balaban J connectivity index is 1.42. The van der Waals surface area contributed by atoms with E-state index in [-0.39, 0.29) is 10.7 Å². The SMILES string of the molecule is O=[N+]([O-])c1cc(-c2csc(C3CCN(Cc4ccccn4)CC3)n2)ccc1Cl. The van der Waals surface area contributed by atoms with Gasteiger partial charge in [-0.05, 0) is 44.1 Å². The number of likely N-dealkylation sites (tertiary alicyclic amines) is 1. The van der Waals surface area contributed by atoms with Crippen molar-refractivity contribution in [1.82, 2.24) is 14.9 Å². The first-order valence-corrected chi connectivity index (χ1v) is 10.4. The molecule has 0 bridgehead atoms. The van der Waals surface area contributed by atoms with Crippen LogP contribution in [0.15, 0.2) is 48.0 Å². The molecule has 0 atom stereocenters. The molecule has 2 aromatic heterocycles. The minimum Gasteiger partial charge on any atom is -0.297 e. The van der Waals surface area contributed by atoms with Gasteiger partial charge in [-0.1, -0.05) is 23.7 Å². The maximum Gasteiger partial charge on any atom is 0.288 e. The highest BCUT2D eigenvalue weighted by Gasteiger charge is 2.24. The van der Waals surface area contributed by atoms with Crippen molar-refractivity contribution in [3.63, 3.8) is 0 Å². The van der Waals surface area contributed by atoms with Crippen LogP contribution in [0.3, 0.4) is 0 Å². The van der Waals surface area contributed by atoms with E-state index in [1.807, 2.05) is 23.7 Å². The fourth-order valence-electron chi connectivity index (χ4n) is 3.48. The number of rotatable bonds is 5. The molecule has 0 spiro atoms. The maximum atomic E-state index is 11.1. The van der Waals surface area contributed by atoms with Gasteiger partial charge in [0.15, 0.2) is 0 Å². The highest BCUT2D eigenvalue weighted by atomic mass is 35.5. The van der Waals surface area contributed by atoms with Gasteiger partial charge in [-0.15, -0.1) is 11.3 Å². The van der Waals surface area contributed by atoms with Crippen molar-refractivity contribution in [3.8, 4) is 11.3 Å². The van der Waals surface area contributed by atoms with Crippen molar-refractivity contribution in [3.05, 3.63) is 73.8 Å². The Hall–Kier alpha value is -2.35. The van der Waals surface area contributed by atoms with Gasteiger partial charge in [0.1, 0.15) is 5.02 Å². The van der Waals surface area contributed by atoms with Crippen molar-refractivity contribution in [2.45, 2.75) is 25.3 Å². The third-order valence-electron chi connectivity index (χ3n) is 5.01. The quantitative estimate of drug-likeness (QED) is 0.426. The summed E-state index contributed by atoms with van der Waals surface area (Å²) in [6, 6.07) is 10.9. The molecule has 1 fully saturated rings. The van der Waals surface area contributed by atoms with E-state index in [0.29, 0.717) is 5.92 Å². The number of piperidine rings is 1. The summed E-state index contributed by atoms with van der Waals surface area (Å²) in [5.74, 6) is 0.431. The number of nitro groups is 1. The van der Waals surface area contributed by atoms with Crippen LogP contribution in [0.5, 0.6) is 0 Å². The summed E-state index contributed by atoms with van der Waals surface area (Å²) in [4.78, 5) is 22.2. The molecule has 3 aromatic rings. The molecule has 1 aliphatic rings. The normalized spacial score (nSPS) is 15.6. The van der Waals surface area contributed by atoms with Crippen LogP contribution in [0.2, 0.25) is 5.02 Å². The monoisotopic (exact) mass is 414 g/mol. The van der Waals surface area contributed by atoms with E-state index in [4.69, 9.17) is 16.6 Å². The fourth-order valence-corrected chi connectivity index (χ4v) is 4.67. The van der Waals surface area contributed by atoms with Gasteiger partial charge in [-0.25, -0.2) is 4.98 Å². The van der Waals surface area contributed by atoms with Gasteiger partial charge < -0.3 is 0 Å². The predicted molar refractivity (Wildman–Crippen MR) is 111 cm³/mol. The van der Waals surface area contributed by atoms with Crippen molar-refractivity contribution in [2.75, 3.05) is 13.1 Å². The van der Waals surface area contributed by atoms with E-state index in [1.54, 1.807) is 23.5 Å². The third kappa shape index (κ3) is 4.22. The summed E-state index contributed by atoms with van der Waals surface area (Å²) in [7, 11) is 0. The number of nitrogens with zero attached hydrogens (tertiary/aromatic N) is 4. The molecule has 0 amide bonds.